The number of nitrogens with two attached hydrogens (primary N) is 2. The summed E-state index contributed by atoms with van der Waals surface area (Å²) in [6.07, 6.45) is 0. The molecule has 5 N–H and O–H groups in total. The molecule has 0 spiro atoms. The summed E-state index contributed by atoms with van der Waals surface area (Å²) in [6, 6.07) is 2.68. The SMILES string of the molecule is NOC(=O)c1ccc(C(=O)ON)c(S(=O)(=O)O)c1. The second-order valence-electron chi connectivity index (χ2n) is 3.00. The van der Waals surface area contributed by atoms with Crippen molar-refractivity contribution in [3.8, 4) is 0 Å². The molecule has 0 radical (unpaired) electrons. The number of hydrogen-bond donors (Lipinski definition) is 3. The zero-order valence-corrected chi connectivity index (χ0v) is 9.51. The molecule has 0 aliphatic rings. The number of benzene rings is 1. The predicted octanol–water partition coefficient (Wildman–Crippen LogP) is -1.01. The van der Waals surface area contributed by atoms with E-state index in [-0.39, 0.29) is 5.56 Å². The third kappa shape index (κ3) is 2.81. The normalized spacial score (nSPS) is 10.8. The largest absolute Gasteiger partial charge is 0.370 e. The summed E-state index contributed by atoms with van der Waals surface area (Å²) < 4.78 is 31.1. The molecule has 0 saturated heterocycles. The van der Waals surface area contributed by atoms with Gasteiger partial charge in [0.2, 0.25) is 0 Å². The van der Waals surface area contributed by atoms with E-state index in [0.29, 0.717) is 6.07 Å². The van der Waals surface area contributed by atoms with E-state index in [1.807, 2.05) is 0 Å². The Hall–Kier alpha value is -2.01. The van der Waals surface area contributed by atoms with E-state index in [9.17, 15) is 18.0 Å². The molecule has 10 heteroatoms. The van der Waals surface area contributed by atoms with Gasteiger partial charge in [-0.2, -0.15) is 20.2 Å². The van der Waals surface area contributed by atoms with Crippen LogP contribution in [0, 0.1) is 0 Å². The predicted molar refractivity (Wildman–Crippen MR) is 55.5 cm³/mol. The van der Waals surface area contributed by atoms with E-state index in [1.165, 1.54) is 0 Å². The van der Waals surface area contributed by atoms with Gasteiger partial charge in [-0.25, -0.2) is 9.59 Å². The molecule has 0 aromatic heterocycles. The molecule has 0 aliphatic carbocycles. The Morgan fingerprint density at radius 3 is 2.11 bits per heavy atom. The molecule has 0 amide bonds. The fourth-order valence-electron chi connectivity index (χ4n) is 1.16. The summed E-state index contributed by atoms with van der Waals surface area (Å²) in [4.78, 5) is 29.1. The van der Waals surface area contributed by atoms with Crippen molar-refractivity contribution in [2.75, 3.05) is 0 Å². The van der Waals surface area contributed by atoms with Crippen LogP contribution in [0.2, 0.25) is 0 Å². The summed E-state index contributed by atoms with van der Waals surface area (Å²) in [7, 11) is -4.76. The second kappa shape index (κ2) is 5.10. The maximum atomic E-state index is 11.2. The lowest BCUT2D eigenvalue weighted by atomic mass is 10.1. The summed E-state index contributed by atoms with van der Waals surface area (Å²) >= 11 is 0. The lowest BCUT2D eigenvalue weighted by Gasteiger charge is -2.06. The van der Waals surface area contributed by atoms with Crippen LogP contribution >= 0.6 is 0 Å². The monoisotopic (exact) mass is 276 g/mol. The van der Waals surface area contributed by atoms with Gasteiger partial charge in [-0.15, -0.1) is 0 Å². The molecule has 0 aliphatic heterocycles. The molecule has 0 fully saturated rings. The summed E-state index contributed by atoms with van der Waals surface area (Å²) in [5.41, 5.74) is -0.813. The van der Waals surface area contributed by atoms with Crippen molar-refractivity contribution in [2.45, 2.75) is 4.90 Å². The molecule has 18 heavy (non-hydrogen) atoms. The van der Waals surface area contributed by atoms with Crippen LogP contribution in [0.5, 0.6) is 0 Å². The van der Waals surface area contributed by atoms with Crippen molar-refractivity contribution in [3.63, 3.8) is 0 Å². The van der Waals surface area contributed by atoms with Gasteiger partial charge in [0, 0.05) is 0 Å². The molecule has 0 unspecified atom stereocenters. The molecule has 98 valence electrons. The van der Waals surface area contributed by atoms with Gasteiger partial charge in [-0.05, 0) is 18.2 Å². The van der Waals surface area contributed by atoms with Gasteiger partial charge in [-0.1, -0.05) is 0 Å². The molecule has 0 atom stereocenters. The third-order valence-electron chi connectivity index (χ3n) is 1.93. The van der Waals surface area contributed by atoms with E-state index in [2.05, 4.69) is 21.5 Å². The standard InChI is InChI=1S/C8H8N2O7S/c9-16-7(11)4-1-2-5(8(12)17-10)6(3-4)18(13,14)15/h1-3H,9-10H2,(H,13,14,15). The fraction of sp³-hybridized carbons (Fsp3) is 0. The molecule has 1 aromatic carbocycles. The van der Waals surface area contributed by atoms with Crippen molar-refractivity contribution >= 4 is 22.1 Å². The Morgan fingerprint density at radius 2 is 1.67 bits per heavy atom. The Bertz CT molecular complexity index is 595. The Labute approximate surface area is 101 Å². The van der Waals surface area contributed by atoms with Crippen LogP contribution in [-0.2, 0) is 19.8 Å². The molecule has 1 rings (SSSR count). The van der Waals surface area contributed by atoms with Gasteiger partial charge in [0.25, 0.3) is 10.1 Å². The van der Waals surface area contributed by atoms with Crippen LogP contribution in [0.1, 0.15) is 20.7 Å². The van der Waals surface area contributed by atoms with Gasteiger partial charge in [0.1, 0.15) is 4.90 Å². The number of carbonyl (C=O) groups is 2. The van der Waals surface area contributed by atoms with Gasteiger partial charge in [0.15, 0.2) is 0 Å². The second-order valence-corrected chi connectivity index (χ2v) is 4.39. The summed E-state index contributed by atoms with van der Waals surface area (Å²) in [5, 5.41) is 0. The molecular formula is C8H8N2O7S. The zero-order valence-electron chi connectivity index (χ0n) is 8.69. The Morgan fingerprint density at radius 1 is 1.11 bits per heavy atom. The first kappa shape index (κ1) is 14.1. The molecule has 1 aromatic rings. The van der Waals surface area contributed by atoms with Gasteiger partial charge >= 0.3 is 11.9 Å². The summed E-state index contributed by atoms with van der Waals surface area (Å²) in [6.45, 7) is 0. The van der Waals surface area contributed by atoms with Crippen LogP contribution < -0.4 is 11.8 Å². The molecule has 9 nitrogen and oxygen atoms in total. The number of hydrogen-bond acceptors (Lipinski definition) is 8. The highest BCUT2D eigenvalue weighted by Crippen LogP contribution is 2.18. The van der Waals surface area contributed by atoms with Crippen molar-refractivity contribution < 1.29 is 32.2 Å². The van der Waals surface area contributed by atoms with Gasteiger partial charge in [0.05, 0.1) is 11.1 Å². The van der Waals surface area contributed by atoms with E-state index in [4.69, 9.17) is 4.55 Å². The van der Waals surface area contributed by atoms with Crippen molar-refractivity contribution in [2.24, 2.45) is 11.8 Å². The minimum absolute atomic E-state index is 0.279. The van der Waals surface area contributed by atoms with E-state index < -0.39 is 32.5 Å². The van der Waals surface area contributed by atoms with Gasteiger partial charge in [-0.3, -0.25) is 4.55 Å². The van der Waals surface area contributed by atoms with Crippen LogP contribution in [0.3, 0.4) is 0 Å². The lowest BCUT2D eigenvalue weighted by molar-refractivity contribution is 0.0486. The van der Waals surface area contributed by atoms with E-state index >= 15 is 0 Å². The molecule has 0 bridgehead atoms. The zero-order chi connectivity index (χ0) is 13.9. The third-order valence-corrected chi connectivity index (χ3v) is 2.82. The highest BCUT2D eigenvalue weighted by Gasteiger charge is 2.23. The van der Waals surface area contributed by atoms with Crippen LogP contribution in [0.4, 0.5) is 0 Å². The molecular weight excluding hydrogens is 268 g/mol. The van der Waals surface area contributed by atoms with Crippen molar-refractivity contribution in [3.05, 3.63) is 29.3 Å². The quantitative estimate of drug-likeness (QED) is 0.464. The minimum atomic E-state index is -4.76. The summed E-state index contributed by atoms with van der Waals surface area (Å²) in [5.74, 6) is 6.97. The lowest BCUT2D eigenvalue weighted by Crippen LogP contribution is -2.17. The number of rotatable bonds is 3. The van der Waals surface area contributed by atoms with E-state index in [1.54, 1.807) is 0 Å². The average molecular weight is 276 g/mol. The first-order valence-electron chi connectivity index (χ1n) is 4.25. The van der Waals surface area contributed by atoms with E-state index in [0.717, 1.165) is 12.1 Å². The Kier molecular flexibility index (Phi) is 3.98. The fourth-order valence-corrected chi connectivity index (χ4v) is 1.87. The molecule has 0 saturated carbocycles. The van der Waals surface area contributed by atoms with Crippen molar-refractivity contribution in [1.82, 2.24) is 0 Å². The maximum absolute atomic E-state index is 11.2. The topological polar surface area (TPSA) is 159 Å². The minimum Gasteiger partial charge on any atom is -0.370 e. The smallest absolute Gasteiger partial charge is 0.358 e. The number of carbonyl (C=O) groups excluding carboxylic acids is 2. The van der Waals surface area contributed by atoms with Crippen molar-refractivity contribution in [1.29, 1.82) is 0 Å². The van der Waals surface area contributed by atoms with Crippen LogP contribution in [0.25, 0.3) is 0 Å². The van der Waals surface area contributed by atoms with Crippen LogP contribution in [-0.4, -0.2) is 24.9 Å². The first-order valence-corrected chi connectivity index (χ1v) is 5.69. The van der Waals surface area contributed by atoms with Crippen LogP contribution in [0.15, 0.2) is 23.1 Å². The Balaban J connectivity index is 3.49. The first-order chi connectivity index (χ1) is 8.31. The average Bonchev–Trinajstić information content (AvgIpc) is 2.35. The van der Waals surface area contributed by atoms with Gasteiger partial charge < -0.3 is 9.68 Å². The molecule has 0 heterocycles. The highest BCUT2D eigenvalue weighted by molar-refractivity contribution is 7.86. The highest BCUT2D eigenvalue weighted by atomic mass is 32.2. The maximum Gasteiger partial charge on any atom is 0.358 e.